The molecule has 13 nitrogen and oxygen atoms in total. The molecule has 0 aliphatic heterocycles. The van der Waals surface area contributed by atoms with Gasteiger partial charge in [-0.2, -0.15) is 0 Å². The van der Waals surface area contributed by atoms with Crippen LogP contribution < -0.4 is 0 Å². The van der Waals surface area contributed by atoms with E-state index in [1.54, 1.807) is 13.8 Å². The van der Waals surface area contributed by atoms with E-state index >= 15 is 0 Å². The Morgan fingerprint density at radius 1 is 0.688 bits per heavy atom. The molecule has 0 heterocycles. The van der Waals surface area contributed by atoms with E-state index in [-0.39, 0.29) is 13.2 Å². The van der Waals surface area contributed by atoms with Crippen molar-refractivity contribution in [2.24, 2.45) is 5.41 Å². The summed E-state index contributed by atoms with van der Waals surface area (Å²) in [4.78, 5) is 43.4. The number of aliphatic hydroxyl groups excluding tert-OH is 3. The van der Waals surface area contributed by atoms with Gasteiger partial charge in [-0.25, -0.2) is 0 Å². The van der Waals surface area contributed by atoms with Crippen LogP contribution in [0.5, 0.6) is 0 Å². The monoisotopic (exact) mass is 516 g/mol. The molecule has 198 valence electrons. The van der Waals surface area contributed by atoms with Gasteiger partial charge in [0, 0.05) is 19.8 Å². The molecule has 0 bridgehead atoms. The number of ether oxygens (including phenoxy) is 4. The lowest BCUT2D eigenvalue weighted by molar-refractivity contribution is -0.462. The largest absolute Gasteiger partial charge is 0.395 e. The van der Waals surface area contributed by atoms with Crippen LogP contribution in [0.25, 0.3) is 0 Å². The second kappa shape index (κ2) is 23.1. The van der Waals surface area contributed by atoms with Crippen LogP contribution in [0.1, 0.15) is 53.4 Å². The molecule has 0 aliphatic carbocycles. The quantitative estimate of drug-likeness (QED) is 0.0751. The van der Waals surface area contributed by atoms with E-state index in [9.17, 15) is 15.3 Å². The number of hydrogen-bond donors (Lipinski definition) is 9. The van der Waals surface area contributed by atoms with Gasteiger partial charge in [0.05, 0.1) is 19.8 Å². The zero-order valence-electron chi connectivity index (χ0n) is 19.2. The minimum atomic E-state index is -2.62. The number of aliphatic hydroxyl groups is 3. The van der Waals surface area contributed by atoms with E-state index in [4.69, 9.17) is 48.3 Å². The van der Waals surface area contributed by atoms with Gasteiger partial charge in [0.2, 0.25) is 0 Å². The fraction of sp³-hybridized carbons (Fsp3) is 1.00. The third-order valence-corrected chi connectivity index (χ3v) is 3.88. The average molecular weight is 516 g/mol. The molecule has 15 heteroatoms. The van der Waals surface area contributed by atoms with Gasteiger partial charge in [-0.1, -0.05) is 26.7 Å². The Morgan fingerprint density at radius 2 is 1.06 bits per heavy atom. The molecule has 0 spiro atoms. The summed E-state index contributed by atoms with van der Waals surface area (Å²) in [7, 11) is -5.24. The third-order valence-electron chi connectivity index (χ3n) is 3.88. The highest BCUT2D eigenvalue weighted by atomic mass is 31.2. The van der Waals surface area contributed by atoms with Crippen LogP contribution in [-0.2, 0) is 18.9 Å². The maximum absolute atomic E-state index is 10.5. The second-order valence-corrected chi connectivity index (χ2v) is 7.28. The zero-order chi connectivity index (χ0) is 25.6. The molecule has 9 N–H and O–H groups in total. The number of rotatable bonds is 16. The van der Waals surface area contributed by atoms with Gasteiger partial charge in [-0.3, -0.25) is 0 Å². The van der Waals surface area contributed by atoms with Crippen molar-refractivity contribution in [2.45, 2.75) is 65.6 Å². The van der Waals surface area contributed by atoms with E-state index in [1.807, 2.05) is 13.8 Å². The predicted molar refractivity (Wildman–Crippen MR) is 117 cm³/mol. The lowest BCUT2D eigenvalue weighted by Gasteiger charge is -2.48. The Morgan fingerprint density at radius 3 is 1.38 bits per heavy atom. The van der Waals surface area contributed by atoms with Crippen LogP contribution in [0.15, 0.2) is 0 Å². The lowest BCUT2D eigenvalue weighted by atomic mass is 9.85. The van der Waals surface area contributed by atoms with Crippen LogP contribution in [0.2, 0.25) is 0 Å². The minimum absolute atomic E-state index is 0.218. The molecule has 0 aromatic carbocycles. The molecule has 0 amide bonds. The SMILES string of the molecule is CCCCOC(O)C(CO)(CO)C(OCC)(OCC)OCCCC.OP(O)O.OP(O)O. The topological polar surface area (TPSA) is 219 Å². The average Bonchev–Trinajstić information content (AvgIpc) is 2.69. The molecule has 0 radical (unpaired) electrons. The fourth-order valence-corrected chi connectivity index (χ4v) is 2.34. The van der Waals surface area contributed by atoms with Crippen molar-refractivity contribution in [2.75, 3.05) is 39.6 Å². The first-order chi connectivity index (χ1) is 15.0. The fourth-order valence-electron chi connectivity index (χ4n) is 2.34. The van der Waals surface area contributed by atoms with E-state index in [1.165, 1.54) is 0 Å². The Bertz CT molecular complexity index is 370. The number of unbranched alkanes of at least 4 members (excludes halogenated alkanes) is 2. The van der Waals surface area contributed by atoms with Crippen molar-refractivity contribution in [3.63, 3.8) is 0 Å². The van der Waals surface area contributed by atoms with Crippen molar-refractivity contribution in [1.82, 2.24) is 0 Å². The summed E-state index contributed by atoms with van der Waals surface area (Å²) in [5.41, 5.74) is -1.67. The van der Waals surface area contributed by atoms with Gasteiger partial charge in [-0.15, -0.1) is 0 Å². The molecule has 0 fully saturated rings. The van der Waals surface area contributed by atoms with Crippen LogP contribution in [-0.4, -0.2) is 96.6 Å². The summed E-state index contributed by atoms with van der Waals surface area (Å²) < 4.78 is 22.6. The van der Waals surface area contributed by atoms with Gasteiger partial charge in [0.1, 0.15) is 5.41 Å². The van der Waals surface area contributed by atoms with Gasteiger partial charge in [0.15, 0.2) is 6.29 Å². The van der Waals surface area contributed by atoms with E-state index in [2.05, 4.69) is 0 Å². The zero-order valence-corrected chi connectivity index (χ0v) is 21.0. The summed E-state index contributed by atoms with van der Waals surface area (Å²) in [6, 6.07) is 0. The molecule has 0 saturated carbocycles. The number of hydrogen-bond acceptors (Lipinski definition) is 13. The highest BCUT2D eigenvalue weighted by Crippen LogP contribution is 2.41. The highest BCUT2D eigenvalue weighted by molar-refractivity contribution is 7.38. The Kier molecular flexibility index (Phi) is 26.6. The maximum Gasteiger partial charge on any atom is 0.324 e. The molecule has 0 aromatic rings. The van der Waals surface area contributed by atoms with Gasteiger partial charge < -0.3 is 63.6 Å². The second-order valence-electron chi connectivity index (χ2n) is 6.21. The van der Waals surface area contributed by atoms with Gasteiger partial charge in [0.25, 0.3) is 5.97 Å². The Labute approximate surface area is 192 Å². The van der Waals surface area contributed by atoms with Crippen molar-refractivity contribution in [3.05, 3.63) is 0 Å². The van der Waals surface area contributed by atoms with Crippen LogP contribution >= 0.6 is 17.2 Å². The van der Waals surface area contributed by atoms with E-state index in [0.717, 1.165) is 25.7 Å². The maximum atomic E-state index is 10.5. The predicted octanol–water partition coefficient (Wildman–Crippen LogP) is 0.0164. The van der Waals surface area contributed by atoms with E-state index in [0.29, 0.717) is 13.2 Å². The standard InChI is InChI=1S/C17H36O7.2H3O3P/c1-5-9-11-21-15(20)16(13-18,14-19)17(22-7-3,23-8-4)24-12-10-6-2;2*1-4(2)3/h15,18-20H,5-14H2,1-4H3;2*1-3H. The first-order valence-corrected chi connectivity index (χ1v) is 12.6. The molecule has 1 unspecified atom stereocenters. The summed E-state index contributed by atoms with van der Waals surface area (Å²) in [6.07, 6.45) is 1.79. The van der Waals surface area contributed by atoms with Crippen LogP contribution in [0, 0.1) is 5.41 Å². The Hall–Kier alpha value is 0.340. The first kappa shape index (κ1) is 36.9. The highest BCUT2D eigenvalue weighted by Gasteiger charge is 2.60. The summed E-state index contributed by atoms with van der Waals surface area (Å²) >= 11 is 0. The Balaban J connectivity index is -0.000000896. The van der Waals surface area contributed by atoms with Crippen molar-refractivity contribution in [3.8, 4) is 0 Å². The summed E-state index contributed by atoms with van der Waals surface area (Å²) in [6.45, 7) is 7.31. The minimum Gasteiger partial charge on any atom is -0.395 e. The normalized spacial score (nSPS) is 12.8. The van der Waals surface area contributed by atoms with Gasteiger partial charge >= 0.3 is 17.2 Å². The molecule has 0 rings (SSSR count). The third kappa shape index (κ3) is 16.0. The molecule has 0 aliphatic rings. The first-order valence-electron chi connectivity index (χ1n) is 10.2. The van der Waals surface area contributed by atoms with Crippen molar-refractivity contribution < 1.29 is 63.6 Å². The summed E-state index contributed by atoms with van der Waals surface area (Å²) in [5.74, 6) is -1.79. The molecular weight excluding hydrogens is 474 g/mol. The molecule has 32 heavy (non-hydrogen) atoms. The summed E-state index contributed by atoms with van der Waals surface area (Å²) in [5, 5.41) is 30.6. The van der Waals surface area contributed by atoms with E-state index < -0.39 is 48.1 Å². The smallest absolute Gasteiger partial charge is 0.324 e. The van der Waals surface area contributed by atoms with Crippen LogP contribution in [0.4, 0.5) is 0 Å². The molecular formula is C17H42O13P2. The molecule has 0 saturated heterocycles. The molecule has 0 aromatic heterocycles. The van der Waals surface area contributed by atoms with Crippen LogP contribution in [0.3, 0.4) is 0 Å². The van der Waals surface area contributed by atoms with Crippen molar-refractivity contribution >= 4 is 17.2 Å². The van der Waals surface area contributed by atoms with Crippen molar-refractivity contribution in [1.29, 1.82) is 0 Å². The molecule has 1 atom stereocenters. The lowest BCUT2D eigenvalue weighted by Crippen LogP contribution is -2.64. The van der Waals surface area contributed by atoms with Gasteiger partial charge in [-0.05, 0) is 26.7 Å².